The van der Waals surface area contributed by atoms with E-state index in [1.54, 1.807) is 0 Å². The molecule has 6 heteroatoms. The van der Waals surface area contributed by atoms with Crippen LogP contribution in [0.4, 0.5) is 0 Å². The number of allylic oxidation sites excluding steroid dienone is 26. The highest BCUT2D eigenvalue weighted by Crippen LogP contribution is 2.11. The van der Waals surface area contributed by atoms with E-state index in [2.05, 4.69) is 130 Å². The standard InChI is InChI=1S/C60H90O6/c1-4-7-10-13-16-19-22-25-27-29-30-31-33-35-38-41-44-47-50-53-59(62)65-56-57(55-64-58(61)52-49-46-43-40-37-34-24-21-18-15-12-9-6-3)66-60(63)54-51-48-45-42-39-36-32-28-26-23-20-17-14-11-8-5-2/h7-12,15-21,24-28,30-31,34,36-37,39,45,48,57H,4-6,13-14,22-23,29,32-33,35,38,40-44,46-47,49-56H2,1-3H3/b10-7-,11-8-,12-9-,18-15-,19-16-,20-17-,24-21-,27-25-,28-26-,31-30-,37-34-,39-36-,48-45-. The lowest BCUT2D eigenvalue weighted by molar-refractivity contribution is -0.166. The number of hydrogen-bond donors (Lipinski definition) is 0. The molecule has 0 aliphatic carbocycles. The summed E-state index contributed by atoms with van der Waals surface area (Å²) in [6, 6.07) is 0. The smallest absolute Gasteiger partial charge is 0.306 e. The van der Waals surface area contributed by atoms with E-state index < -0.39 is 12.1 Å². The van der Waals surface area contributed by atoms with Gasteiger partial charge in [0.1, 0.15) is 13.2 Å². The van der Waals surface area contributed by atoms with Crippen molar-refractivity contribution in [1.82, 2.24) is 0 Å². The van der Waals surface area contributed by atoms with Crippen LogP contribution < -0.4 is 0 Å². The predicted molar refractivity (Wildman–Crippen MR) is 283 cm³/mol. The molecule has 0 radical (unpaired) electrons. The fraction of sp³-hybridized carbons (Fsp3) is 0.517. The summed E-state index contributed by atoms with van der Waals surface area (Å²) in [4.78, 5) is 38.0. The summed E-state index contributed by atoms with van der Waals surface area (Å²) in [5.41, 5.74) is 0. The minimum atomic E-state index is -0.848. The van der Waals surface area contributed by atoms with Crippen LogP contribution in [0.15, 0.2) is 158 Å². The Hall–Kier alpha value is -4.97. The van der Waals surface area contributed by atoms with Crippen molar-refractivity contribution in [3.8, 4) is 0 Å². The number of rotatable bonds is 43. The van der Waals surface area contributed by atoms with Crippen LogP contribution in [-0.2, 0) is 28.6 Å². The third-order valence-corrected chi connectivity index (χ3v) is 9.87. The summed E-state index contributed by atoms with van der Waals surface area (Å²) in [6.45, 7) is 6.13. The number of carbonyl (C=O) groups is 3. The molecule has 0 N–H and O–H groups in total. The van der Waals surface area contributed by atoms with Gasteiger partial charge in [-0.2, -0.15) is 0 Å². The van der Waals surface area contributed by atoms with Gasteiger partial charge in [-0.25, -0.2) is 0 Å². The van der Waals surface area contributed by atoms with E-state index in [-0.39, 0.29) is 38.0 Å². The average Bonchev–Trinajstić information content (AvgIpc) is 3.31. The van der Waals surface area contributed by atoms with Gasteiger partial charge in [-0.1, -0.05) is 211 Å². The van der Waals surface area contributed by atoms with Crippen molar-refractivity contribution in [2.24, 2.45) is 0 Å². The van der Waals surface area contributed by atoms with E-state index in [1.165, 1.54) is 12.8 Å². The minimum absolute atomic E-state index is 0.136. The van der Waals surface area contributed by atoms with Crippen LogP contribution in [0.2, 0.25) is 0 Å². The van der Waals surface area contributed by atoms with Gasteiger partial charge in [0, 0.05) is 19.3 Å². The molecular weight excluding hydrogens is 817 g/mol. The molecule has 1 unspecified atom stereocenters. The number of hydrogen-bond acceptors (Lipinski definition) is 6. The Morgan fingerprint density at radius 1 is 0.318 bits per heavy atom. The van der Waals surface area contributed by atoms with Crippen LogP contribution in [0, 0.1) is 0 Å². The third-order valence-electron chi connectivity index (χ3n) is 9.87. The van der Waals surface area contributed by atoms with E-state index in [0.29, 0.717) is 19.3 Å². The molecule has 0 saturated heterocycles. The van der Waals surface area contributed by atoms with Crippen LogP contribution >= 0.6 is 0 Å². The van der Waals surface area contributed by atoms with Gasteiger partial charge in [-0.3, -0.25) is 14.4 Å². The second kappa shape index (κ2) is 52.7. The monoisotopic (exact) mass is 907 g/mol. The molecule has 0 heterocycles. The Morgan fingerprint density at radius 3 is 1.11 bits per heavy atom. The van der Waals surface area contributed by atoms with E-state index in [1.807, 2.05) is 48.6 Å². The van der Waals surface area contributed by atoms with Crippen LogP contribution in [-0.4, -0.2) is 37.2 Å². The molecule has 0 aliphatic heterocycles. The SMILES string of the molecule is CC\C=C/C=C\C=C/C=C\CCCCCC(=O)OCC(COC(=O)CCCCCCCC/C=C\C/C=C\C/C=C\C/C=C\CC)OC(=O)CC/C=C\C/C=C\C/C=C\C/C=C\C/C=C\CC. The van der Waals surface area contributed by atoms with Crippen LogP contribution in [0.5, 0.6) is 0 Å². The second-order valence-electron chi connectivity index (χ2n) is 16.0. The van der Waals surface area contributed by atoms with Gasteiger partial charge < -0.3 is 14.2 Å². The lowest BCUT2D eigenvalue weighted by Gasteiger charge is -2.18. The number of unbranched alkanes of at least 4 members (excludes halogenated alkanes) is 9. The van der Waals surface area contributed by atoms with Crippen LogP contribution in [0.3, 0.4) is 0 Å². The van der Waals surface area contributed by atoms with Crippen LogP contribution in [0.1, 0.15) is 181 Å². The quantitative estimate of drug-likeness (QED) is 0.0199. The highest BCUT2D eigenvalue weighted by Gasteiger charge is 2.19. The molecule has 66 heavy (non-hydrogen) atoms. The molecule has 0 aromatic carbocycles. The van der Waals surface area contributed by atoms with Crippen LogP contribution in [0.25, 0.3) is 0 Å². The molecule has 366 valence electrons. The molecule has 0 aromatic heterocycles. The largest absolute Gasteiger partial charge is 0.462 e. The first-order valence-electron chi connectivity index (χ1n) is 25.5. The van der Waals surface area contributed by atoms with Gasteiger partial charge in [0.05, 0.1) is 0 Å². The maximum Gasteiger partial charge on any atom is 0.306 e. The lowest BCUT2D eigenvalue weighted by Crippen LogP contribution is -2.30. The van der Waals surface area contributed by atoms with Gasteiger partial charge in [0.25, 0.3) is 0 Å². The number of esters is 3. The zero-order valence-corrected chi connectivity index (χ0v) is 41.6. The second-order valence-corrected chi connectivity index (χ2v) is 16.0. The Balaban J connectivity index is 4.59. The Morgan fingerprint density at radius 2 is 0.652 bits per heavy atom. The predicted octanol–water partition coefficient (Wildman–Crippen LogP) is 17.0. The number of ether oxygens (including phenoxy) is 3. The summed E-state index contributed by atoms with van der Waals surface area (Å²) in [6.07, 6.45) is 76.7. The fourth-order valence-corrected chi connectivity index (χ4v) is 6.14. The lowest BCUT2D eigenvalue weighted by atomic mass is 10.1. The molecule has 0 aromatic rings. The Kier molecular flexibility index (Phi) is 48.7. The maximum atomic E-state index is 12.8. The minimum Gasteiger partial charge on any atom is -0.462 e. The molecular formula is C60H90O6. The van der Waals surface area contributed by atoms with Crippen molar-refractivity contribution in [3.05, 3.63) is 158 Å². The van der Waals surface area contributed by atoms with Gasteiger partial charge in [0.2, 0.25) is 0 Å². The zero-order valence-electron chi connectivity index (χ0n) is 41.6. The van der Waals surface area contributed by atoms with E-state index >= 15 is 0 Å². The Bertz CT molecular complexity index is 1560. The first-order valence-corrected chi connectivity index (χ1v) is 25.5. The van der Waals surface area contributed by atoms with Crippen molar-refractivity contribution in [1.29, 1.82) is 0 Å². The summed E-state index contributed by atoms with van der Waals surface area (Å²) >= 11 is 0. The molecule has 0 bridgehead atoms. The normalized spacial score (nSPS) is 13.4. The van der Waals surface area contributed by atoms with E-state index in [0.717, 1.165) is 116 Å². The van der Waals surface area contributed by atoms with Crippen molar-refractivity contribution >= 4 is 17.9 Å². The maximum absolute atomic E-state index is 12.8. The van der Waals surface area contributed by atoms with E-state index in [4.69, 9.17) is 14.2 Å². The summed E-state index contributed by atoms with van der Waals surface area (Å²) in [7, 11) is 0. The Labute approximate surface area is 403 Å². The highest BCUT2D eigenvalue weighted by molar-refractivity contribution is 5.71. The molecule has 1 atom stereocenters. The fourth-order valence-electron chi connectivity index (χ4n) is 6.14. The van der Waals surface area contributed by atoms with Gasteiger partial charge in [0.15, 0.2) is 6.10 Å². The molecule has 0 amide bonds. The highest BCUT2D eigenvalue weighted by atomic mass is 16.6. The van der Waals surface area contributed by atoms with Gasteiger partial charge >= 0.3 is 17.9 Å². The molecule has 0 saturated carbocycles. The summed E-state index contributed by atoms with van der Waals surface area (Å²) in [5, 5.41) is 0. The van der Waals surface area contributed by atoms with Crippen molar-refractivity contribution < 1.29 is 28.6 Å². The zero-order chi connectivity index (χ0) is 47.9. The molecule has 0 aliphatic rings. The van der Waals surface area contributed by atoms with Crippen molar-refractivity contribution in [2.45, 2.75) is 187 Å². The molecule has 0 fully saturated rings. The summed E-state index contributed by atoms with van der Waals surface area (Å²) < 4.78 is 16.7. The van der Waals surface area contributed by atoms with Gasteiger partial charge in [-0.15, -0.1) is 0 Å². The topological polar surface area (TPSA) is 78.9 Å². The summed E-state index contributed by atoms with van der Waals surface area (Å²) in [5.74, 6) is -1.09. The average molecular weight is 907 g/mol. The molecule has 6 nitrogen and oxygen atoms in total. The molecule has 0 rings (SSSR count). The van der Waals surface area contributed by atoms with Crippen molar-refractivity contribution in [3.63, 3.8) is 0 Å². The third kappa shape index (κ3) is 50.0. The van der Waals surface area contributed by atoms with E-state index in [9.17, 15) is 14.4 Å². The molecule has 0 spiro atoms. The van der Waals surface area contributed by atoms with Crippen molar-refractivity contribution in [2.75, 3.05) is 13.2 Å². The first kappa shape index (κ1) is 61.0. The number of carbonyl (C=O) groups excluding carboxylic acids is 3. The van der Waals surface area contributed by atoms with Gasteiger partial charge in [-0.05, 0) is 109 Å². The first-order chi connectivity index (χ1) is 32.5.